The Morgan fingerprint density at radius 3 is 3.00 bits per heavy atom. The molecule has 2 aromatic heterocycles. The summed E-state index contributed by atoms with van der Waals surface area (Å²) in [6.07, 6.45) is 4.69. The van der Waals surface area contributed by atoms with Gasteiger partial charge in [0.1, 0.15) is 5.01 Å². The number of nitrogens with zero attached hydrogens (tertiary/aromatic N) is 3. The topological polar surface area (TPSA) is 56.7 Å². The minimum absolute atomic E-state index is 0.0559. The highest BCUT2D eigenvalue weighted by Gasteiger charge is 2.10. The van der Waals surface area contributed by atoms with E-state index in [-0.39, 0.29) is 6.04 Å². The van der Waals surface area contributed by atoms with Crippen molar-refractivity contribution in [3.63, 3.8) is 0 Å². The fraction of sp³-hybridized carbons (Fsp3) is 0.400. The minimum Gasteiger partial charge on any atom is -0.322 e. The van der Waals surface area contributed by atoms with Crippen molar-refractivity contribution in [3.8, 4) is 11.3 Å². The van der Waals surface area contributed by atoms with Gasteiger partial charge in [0.2, 0.25) is 0 Å². The standard InChI is InChI=1S/C10H14N4S/c1-3-8(11)10-13-9(6-15-10)7-4-12-14(2)5-7/h4-6,8H,3,11H2,1-2H3. The van der Waals surface area contributed by atoms with E-state index in [1.165, 1.54) is 0 Å². The maximum atomic E-state index is 5.92. The predicted molar refractivity (Wildman–Crippen MR) is 61.5 cm³/mol. The van der Waals surface area contributed by atoms with Gasteiger partial charge in [0.05, 0.1) is 17.9 Å². The second kappa shape index (κ2) is 4.12. The van der Waals surface area contributed by atoms with Crippen molar-refractivity contribution in [1.82, 2.24) is 14.8 Å². The molecule has 0 aromatic carbocycles. The Hall–Kier alpha value is -1.20. The van der Waals surface area contributed by atoms with Crippen LogP contribution in [-0.4, -0.2) is 14.8 Å². The summed E-state index contributed by atoms with van der Waals surface area (Å²) in [5.74, 6) is 0. The van der Waals surface area contributed by atoms with Gasteiger partial charge in [0.25, 0.3) is 0 Å². The van der Waals surface area contributed by atoms with Crippen molar-refractivity contribution in [2.24, 2.45) is 12.8 Å². The van der Waals surface area contributed by atoms with E-state index in [4.69, 9.17) is 5.73 Å². The number of aryl methyl sites for hydroxylation is 1. The van der Waals surface area contributed by atoms with Gasteiger partial charge >= 0.3 is 0 Å². The molecule has 0 saturated heterocycles. The Morgan fingerprint density at radius 2 is 2.40 bits per heavy atom. The van der Waals surface area contributed by atoms with Crippen molar-refractivity contribution < 1.29 is 0 Å². The lowest BCUT2D eigenvalue weighted by Crippen LogP contribution is -2.07. The molecule has 2 rings (SSSR count). The molecule has 0 bridgehead atoms. The van der Waals surface area contributed by atoms with Crippen LogP contribution in [-0.2, 0) is 7.05 Å². The molecular weight excluding hydrogens is 208 g/mol. The average Bonchev–Trinajstić information content (AvgIpc) is 2.84. The molecule has 2 heterocycles. The lowest BCUT2D eigenvalue weighted by molar-refractivity contribution is 0.693. The molecule has 0 saturated carbocycles. The molecule has 80 valence electrons. The van der Waals surface area contributed by atoms with E-state index in [0.29, 0.717) is 0 Å². The Labute approximate surface area is 92.8 Å². The average molecular weight is 222 g/mol. The summed E-state index contributed by atoms with van der Waals surface area (Å²) in [6, 6.07) is 0.0559. The second-order valence-electron chi connectivity index (χ2n) is 3.49. The number of hydrogen-bond acceptors (Lipinski definition) is 4. The monoisotopic (exact) mass is 222 g/mol. The molecule has 0 radical (unpaired) electrons. The number of nitrogens with two attached hydrogens (primary N) is 1. The summed E-state index contributed by atoms with van der Waals surface area (Å²) in [6.45, 7) is 2.07. The number of rotatable bonds is 3. The van der Waals surface area contributed by atoms with Crippen molar-refractivity contribution >= 4 is 11.3 Å². The third-order valence-corrected chi connectivity index (χ3v) is 3.26. The van der Waals surface area contributed by atoms with Crippen LogP contribution in [0.4, 0.5) is 0 Å². The molecule has 0 amide bonds. The fourth-order valence-electron chi connectivity index (χ4n) is 1.32. The first kappa shape index (κ1) is 10.3. The van der Waals surface area contributed by atoms with Crippen LogP contribution in [0.5, 0.6) is 0 Å². The smallest absolute Gasteiger partial charge is 0.110 e. The number of thiazole rings is 1. The van der Waals surface area contributed by atoms with Gasteiger partial charge in [-0.2, -0.15) is 5.10 Å². The zero-order valence-corrected chi connectivity index (χ0v) is 9.66. The van der Waals surface area contributed by atoms with Crippen LogP contribution in [0.3, 0.4) is 0 Å². The lowest BCUT2D eigenvalue weighted by Gasteiger charge is -2.01. The zero-order chi connectivity index (χ0) is 10.8. The van der Waals surface area contributed by atoms with Crippen LogP contribution in [0.1, 0.15) is 24.4 Å². The van der Waals surface area contributed by atoms with Gasteiger partial charge < -0.3 is 5.73 Å². The maximum absolute atomic E-state index is 5.92. The molecule has 0 fully saturated rings. The summed E-state index contributed by atoms with van der Waals surface area (Å²) >= 11 is 1.61. The lowest BCUT2D eigenvalue weighted by atomic mass is 10.2. The van der Waals surface area contributed by atoms with Gasteiger partial charge in [-0.1, -0.05) is 6.92 Å². The number of aromatic nitrogens is 3. The Kier molecular flexibility index (Phi) is 2.83. The van der Waals surface area contributed by atoms with E-state index in [0.717, 1.165) is 22.7 Å². The van der Waals surface area contributed by atoms with Gasteiger partial charge in [-0.05, 0) is 6.42 Å². The molecule has 2 aromatic rings. The van der Waals surface area contributed by atoms with E-state index >= 15 is 0 Å². The Morgan fingerprint density at radius 1 is 1.60 bits per heavy atom. The van der Waals surface area contributed by atoms with Crippen LogP contribution in [0, 0.1) is 0 Å². The first-order chi connectivity index (χ1) is 7.20. The molecule has 2 N–H and O–H groups in total. The van der Waals surface area contributed by atoms with Crippen LogP contribution in [0.15, 0.2) is 17.8 Å². The van der Waals surface area contributed by atoms with Crippen LogP contribution in [0.2, 0.25) is 0 Å². The van der Waals surface area contributed by atoms with E-state index < -0.39 is 0 Å². The van der Waals surface area contributed by atoms with E-state index in [1.807, 2.05) is 24.8 Å². The van der Waals surface area contributed by atoms with Crippen LogP contribution < -0.4 is 5.73 Å². The quantitative estimate of drug-likeness (QED) is 0.863. The van der Waals surface area contributed by atoms with Gasteiger partial charge in [-0.25, -0.2) is 4.98 Å². The van der Waals surface area contributed by atoms with Gasteiger partial charge in [-0.15, -0.1) is 11.3 Å². The molecular formula is C10H14N4S. The van der Waals surface area contributed by atoms with E-state index in [2.05, 4.69) is 17.0 Å². The predicted octanol–water partition coefficient (Wildman–Crippen LogP) is 1.95. The first-order valence-electron chi connectivity index (χ1n) is 4.90. The first-order valence-corrected chi connectivity index (χ1v) is 5.78. The normalized spacial score (nSPS) is 13.0. The molecule has 0 aliphatic heterocycles. The van der Waals surface area contributed by atoms with Crippen molar-refractivity contribution in [2.75, 3.05) is 0 Å². The molecule has 5 heteroatoms. The fourth-order valence-corrected chi connectivity index (χ4v) is 2.23. The number of hydrogen-bond donors (Lipinski definition) is 1. The second-order valence-corrected chi connectivity index (χ2v) is 4.38. The molecule has 0 aliphatic rings. The summed E-state index contributed by atoms with van der Waals surface area (Å²) < 4.78 is 1.77. The highest BCUT2D eigenvalue weighted by atomic mass is 32.1. The molecule has 0 aliphatic carbocycles. The summed E-state index contributed by atoms with van der Waals surface area (Å²) in [4.78, 5) is 4.50. The van der Waals surface area contributed by atoms with Crippen LogP contribution >= 0.6 is 11.3 Å². The molecule has 4 nitrogen and oxygen atoms in total. The van der Waals surface area contributed by atoms with Gasteiger partial charge in [0.15, 0.2) is 0 Å². The third-order valence-electron chi connectivity index (χ3n) is 2.28. The molecule has 1 atom stereocenters. The summed E-state index contributed by atoms with van der Waals surface area (Å²) in [5.41, 5.74) is 7.93. The van der Waals surface area contributed by atoms with E-state index in [1.54, 1.807) is 16.0 Å². The Bertz CT molecular complexity index is 446. The zero-order valence-electron chi connectivity index (χ0n) is 8.84. The summed E-state index contributed by atoms with van der Waals surface area (Å²) in [7, 11) is 1.90. The van der Waals surface area contributed by atoms with E-state index in [9.17, 15) is 0 Å². The van der Waals surface area contributed by atoms with Crippen molar-refractivity contribution in [3.05, 3.63) is 22.8 Å². The SMILES string of the molecule is CCC(N)c1nc(-c2cnn(C)c2)cs1. The highest BCUT2D eigenvalue weighted by molar-refractivity contribution is 7.10. The third kappa shape index (κ3) is 2.08. The van der Waals surface area contributed by atoms with Crippen LogP contribution in [0.25, 0.3) is 11.3 Å². The largest absolute Gasteiger partial charge is 0.322 e. The maximum Gasteiger partial charge on any atom is 0.110 e. The van der Waals surface area contributed by atoms with Gasteiger partial charge in [0, 0.05) is 24.2 Å². The summed E-state index contributed by atoms with van der Waals surface area (Å²) in [5, 5.41) is 7.14. The van der Waals surface area contributed by atoms with Gasteiger partial charge in [-0.3, -0.25) is 4.68 Å². The molecule has 1 unspecified atom stereocenters. The van der Waals surface area contributed by atoms with Crippen molar-refractivity contribution in [2.45, 2.75) is 19.4 Å². The highest BCUT2D eigenvalue weighted by Crippen LogP contribution is 2.25. The molecule has 15 heavy (non-hydrogen) atoms. The molecule has 0 spiro atoms. The Balaban J connectivity index is 2.27. The van der Waals surface area contributed by atoms with Crippen molar-refractivity contribution in [1.29, 1.82) is 0 Å². The minimum atomic E-state index is 0.0559.